The first kappa shape index (κ1) is 14.2. The number of hydrogen-bond acceptors (Lipinski definition) is 1. The van der Waals surface area contributed by atoms with Gasteiger partial charge in [0.05, 0.1) is 16.3 Å². The predicted molar refractivity (Wildman–Crippen MR) is 67.2 cm³/mol. The molecule has 0 N–H and O–H groups in total. The van der Waals surface area contributed by atoms with Gasteiger partial charge < -0.3 is 4.90 Å². The third-order valence-corrected chi connectivity index (χ3v) is 3.74. The van der Waals surface area contributed by atoms with Gasteiger partial charge in [0.1, 0.15) is 0 Å². The molecule has 2 nitrogen and oxygen atoms in total. The first-order valence-electron chi connectivity index (χ1n) is 5.95. The van der Waals surface area contributed by atoms with Crippen LogP contribution in [0.3, 0.4) is 0 Å². The topological polar surface area (TPSA) is 20.3 Å². The third kappa shape index (κ3) is 2.86. The molecule has 1 saturated carbocycles. The Morgan fingerprint density at radius 3 is 2.47 bits per heavy atom. The average Bonchev–Trinajstić information content (AvgIpc) is 2.24. The minimum atomic E-state index is -4.44. The van der Waals surface area contributed by atoms with E-state index in [4.69, 9.17) is 11.6 Å². The summed E-state index contributed by atoms with van der Waals surface area (Å²) < 4.78 is 38.0. The number of halogens is 4. The zero-order valence-corrected chi connectivity index (χ0v) is 11.1. The maximum Gasteiger partial charge on any atom is 0.416 e. The summed E-state index contributed by atoms with van der Waals surface area (Å²) in [5, 5.41) is 0.142. The molecule has 0 atom stereocenters. The Balaban J connectivity index is 2.29. The van der Waals surface area contributed by atoms with Crippen molar-refractivity contribution in [2.75, 3.05) is 11.9 Å². The Hall–Kier alpha value is -1.23. The molecule has 1 aromatic rings. The lowest BCUT2D eigenvalue weighted by molar-refractivity contribution is -0.137. The van der Waals surface area contributed by atoms with E-state index in [1.165, 1.54) is 18.0 Å². The number of anilines is 1. The van der Waals surface area contributed by atoms with Gasteiger partial charge in [0.2, 0.25) is 5.91 Å². The summed E-state index contributed by atoms with van der Waals surface area (Å²) in [6.45, 7) is 0. The van der Waals surface area contributed by atoms with Gasteiger partial charge >= 0.3 is 6.18 Å². The first-order valence-corrected chi connectivity index (χ1v) is 6.33. The highest BCUT2D eigenvalue weighted by atomic mass is 35.5. The number of benzene rings is 1. The van der Waals surface area contributed by atoms with Crippen molar-refractivity contribution in [3.05, 3.63) is 28.8 Å². The number of hydrogen-bond donors (Lipinski definition) is 0. The van der Waals surface area contributed by atoms with Gasteiger partial charge in [0.15, 0.2) is 0 Å². The van der Waals surface area contributed by atoms with Gasteiger partial charge in [-0.15, -0.1) is 0 Å². The Labute approximate surface area is 114 Å². The maximum atomic E-state index is 12.7. The highest BCUT2D eigenvalue weighted by molar-refractivity contribution is 6.33. The second-order valence-electron chi connectivity index (χ2n) is 4.69. The second kappa shape index (κ2) is 5.04. The molecular weight excluding hydrogens is 279 g/mol. The fraction of sp³-hybridized carbons (Fsp3) is 0.462. The lowest BCUT2D eigenvalue weighted by Gasteiger charge is -2.30. The molecule has 6 heteroatoms. The van der Waals surface area contributed by atoms with Crippen LogP contribution in [0.15, 0.2) is 18.2 Å². The van der Waals surface area contributed by atoms with E-state index < -0.39 is 11.7 Å². The van der Waals surface area contributed by atoms with E-state index in [1.807, 2.05) is 0 Å². The number of carbonyl (C=O) groups excluding carboxylic acids is 1. The lowest BCUT2D eigenvalue weighted by atomic mass is 9.84. The van der Waals surface area contributed by atoms with Gasteiger partial charge in [-0.2, -0.15) is 13.2 Å². The summed E-state index contributed by atoms with van der Waals surface area (Å²) in [5.74, 6) is -0.261. The molecule has 0 saturated heterocycles. The van der Waals surface area contributed by atoms with Crippen LogP contribution in [0.2, 0.25) is 5.02 Å². The van der Waals surface area contributed by atoms with Gasteiger partial charge in [-0.3, -0.25) is 4.79 Å². The number of alkyl halides is 3. The van der Waals surface area contributed by atoms with Crippen LogP contribution in [0.25, 0.3) is 0 Å². The summed E-state index contributed by atoms with van der Waals surface area (Å²) >= 11 is 5.89. The summed E-state index contributed by atoms with van der Waals surface area (Å²) in [7, 11) is 1.46. The van der Waals surface area contributed by atoms with Crippen LogP contribution in [-0.4, -0.2) is 13.0 Å². The van der Waals surface area contributed by atoms with Crippen molar-refractivity contribution < 1.29 is 18.0 Å². The van der Waals surface area contributed by atoms with Crippen molar-refractivity contribution in [3.63, 3.8) is 0 Å². The van der Waals surface area contributed by atoms with Crippen LogP contribution in [0.5, 0.6) is 0 Å². The molecule has 0 aliphatic heterocycles. The summed E-state index contributed by atoms with van der Waals surface area (Å²) in [6.07, 6.45) is -1.88. The van der Waals surface area contributed by atoms with E-state index in [-0.39, 0.29) is 22.5 Å². The SMILES string of the molecule is CN(C(=O)C1CCC1)c1cc(C(F)(F)F)ccc1Cl. The predicted octanol–water partition coefficient (Wildman–Crippen LogP) is 4.12. The number of amides is 1. The Morgan fingerprint density at radius 1 is 1.37 bits per heavy atom. The van der Waals surface area contributed by atoms with E-state index in [0.29, 0.717) is 0 Å². The van der Waals surface area contributed by atoms with Crippen LogP contribution in [0.4, 0.5) is 18.9 Å². The van der Waals surface area contributed by atoms with Crippen LogP contribution in [-0.2, 0) is 11.0 Å². The largest absolute Gasteiger partial charge is 0.416 e. The molecule has 1 aliphatic rings. The first-order chi connectivity index (χ1) is 8.80. The van der Waals surface area contributed by atoms with E-state index in [2.05, 4.69) is 0 Å². The van der Waals surface area contributed by atoms with Gasteiger partial charge in [-0.1, -0.05) is 18.0 Å². The third-order valence-electron chi connectivity index (χ3n) is 3.42. The molecule has 0 spiro atoms. The Morgan fingerprint density at radius 2 is 2.00 bits per heavy atom. The molecule has 1 aromatic carbocycles. The highest BCUT2D eigenvalue weighted by Crippen LogP contribution is 2.36. The van der Waals surface area contributed by atoms with Gasteiger partial charge in [-0.25, -0.2) is 0 Å². The number of carbonyl (C=O) groups is 1. The van der Waals surface area contributed by atoms with Crippen molar-refractivity contribution >= 4 is 23.2 Å². The summed E-state index contributed by atoms with van der Waals surface area (Å²) in [5.41, 5.74) is -0.700. The molecule has 0 bridgehead atoms. The molecule has 0 aromatic heterocycles. The second-order valence-corrected chi connectivity index (χ2v) is 5.10. The molecule has 0 heterocycles. The van der Waals surface area contributed by atoms with E-state index in [0.717, 1.165) is 31.4 Å². The smallest absolute Gasteiger partial charge is 0.314 e. The number of rotatable bonds is 2. The number of nitrogens with zero attached hydrogens (tertiary/aromatic N) is 1. The average molecular weight is 292 g/mol. The molecule has 2 rings (SSSR count). The molecule has 0 radical (unpaired) electrons. The molecule has 104 valence electrons. The normalized spacial score (nSPS) is 16.1. The summed E-state index contributed by atoms with van der Waals surface area (Å²) in [4.78, 5) is 13.2. The molecule has 1 aliphatic carbocycles. The molecule has 19 heavy (non-hydrogen) atoms. The summed E-state index contributed by atoms with van der Waals surface area (Å²) in [6, 6.07) is 3.00. The van der Waals surface area contributed by atoms with Gasteiger partial charge in [-0.05, 0) is 31.0 Å². The zero-order chi connectivity index (χ0) is 14.2. The minimum absolute atomic E-state index is 0.0874. The minimum Gasteiger partial charge on any atom is -0.314 e. The Kier molecular flexibility index (Phi) is 3.76. The quantitative estimate of drug-likeness (QED) is 0.802. The monoisotopic (exact) mass is 291 g/mol. The van der Waals surface area contributed by atoms with Crippen LogP contribution < -0.4 is 4.90 Å². The van der Waals surface area contributed by atoms with Crippen molar-refractivity contribution in [2.24, 2.45) is 5.92 Å². The van der Waals surface area contributed by atoms with Gasteiger partial charge in [0, 0.05) is 13.0 Å². The van der Waals surface area contributed by atoms with Crippen molar-refractivity contribution in [2.45, 2.75) is 25.4 Å². The highest BCUT2D eigenvalue weighted by Gasteiger charge is 2.33. The van der Waals surface area contributed by atoms with Crippen LogP contribution in [0, 0.1) is 5.92 Å². The lowest BCUT2D eigenvalue weighted by Crippen LogP contribution is -2.36. The molecule has 1 fully saturated rings. The van der Waals surface area contributed by atoms with E-state index in [9.17, 15) is 18.0 Å². The fourth-order valence-electron chi connectivity index (χ4n) is 1.99. The fourth-order valence-corrected chi connectivity index (χ4v) is 2.24. The van der Waals surface area contributed by atoms with Gasteiger partial charge in [0.25, 0.3) is 0 Å². The molecular formula is C13H13ClF3NO. The Bertz CT molecular complexity index is 497. The van der Waals surface area contributed by atoms with Crippen LogP contribution in [0.1, 0.15) is 24.8 Å². The van der Waals surface area contributed by atoms with E-state index >= 15 is 0 Å². The van der Waals surface area contributed by atoms with Crippen molar-refractivity contribution in [1.29, 1.82) is 0 Å². The maximum absolute atomic E-state index is 12.7. The molecule has 0 unspecified atom stereocenters. The van der Waals surface area contributed by atoms with Crippen molar-refractivity contribution in [1.82, 2.24) is 0 Å². The zero-order valence-electron chi connectivity index (χ0n) is 10.3. The molecule has 1 amide bonds. The van der Waals surface area contributed by atoms with Crippen LogP contribution >= 0.6 is 11.6 Å². The van der Waals surface area contributed by atoms with E-state index in [1.54, 1.807) is 0 Å². The van der Waals surface area contributed by atoms with Crippen molar-refractivity contribution in [3.8, 4) is 0 Å². The standard InChI is InChI=1S/C13H13ClF3NO/c1-18(12(19)8-3-2-4-8)11-7-9(13(15,16)17)5-6-10(11)14/h5-8H,2-4H2,1H3.